The summed E-state index contributed by atoms with van der Waals surface area (Å²) in [5.41, 5.74) is 1.20. The van der Waals surface area contributed by atoms with E-state index >= 15 is 0 Å². The van der Waals surface area contributed by atoms with Gasteiger partial charge >= 0.3 is 0 Å². The predicted octanol–water partition coefficient (Wildman–Crippen LogP) is 4.28. The normalized spacial score (nSPS) is 10.6. The molecule has 0 fully saturated rings. The van der Waals surface area contributed by atoms with Crippen LogP contribution < -0.4 is 14.2 Å². The van der Waals surface area contributed by atoms with Gasteiger partial charge in [-0.1, -0.05) is 5.16 Å². The van der Waals surface area contributed by atoms with E-state index in [9.17, 15) is 4.79 Å². The number of ketones is 1. The van der Waals surface area contributed by atoms with Crippen molar-refractivity contribution in [3.8, 4) is 40.3 Å². The molecule has 152 valence electrons. The highest BCUT2D eigenvalue weighted by Gasteiger charge is 2.16. The Balaban J connectivity index is 1.47. The highest BCUT2D eigenvalue weighted by atomic mass is 16.5. The van der Waals surface area contributed by atoms with Crippen LogP contribution in [-0.2, 0) is 0 Å². The molecule has 0 bridgehead atoms. The minimum Gasteiger partial charge on any atom is -0.497 e. The fourth-order valence-corrected chi connectivity index (χ4v) is 2.77. The molecule has 0 aliphatic carbocycles. The maximum absolute atomic E-state index is 12.4. The zero-order valence-corrected chi connectivity index (χ0v) is 16.3. The molecule has 2 aromatic carbocycles. The number of ether oxygens (including phenoxy) is 3. The lowest BCUT2D eigenvalue weighted by Gasteiger charge is -2.11. The van der Waals surface area contributed by atoms with Gasteiger partial charge in [-0.2, -0.15) is 4.98 Å². The molecule has 8 heteroatoms. The molecule has 0 atom stereocenters. The van der Waals surface area contributed by atoms with Crippen LogP contribution in [0.2, 0.25) is 0 Å². The summed E-state index contributed by atoms with van der Waals surface area (Å²) in [5, 5.41) is 3.97. The minimum atomic E-state index is -0.162. The van der Waals surface area contributed by atoms with E-state index in [1.165, 1.54) is 13.4 Å². The highest BCUT2D eigenvalue weighted by molar-refractivity contribution is 5.97. The number of hydrogen-bond donors (Lipinski definition) is 0. The van der Waals surface area contributed by atoms with Crippen LogP contribution in [0, 0.1) is 0 Å². The second-order valence-corrected chi connectivity index (χ2v) is 6.21. The van der Waals surface area contributed by atoms with Crippen LogP contribution in [0.15, 0.2) is 69.8 Å². The van der Waals surface area contributed by atoms with Crippen LogP contribution in [-0.4, -0.2) is 36.8 Å². The van der Waals surface area contributed by atoms with Crippen molar-refractivity contribution in [2.45, 2.75) is 0 Å². The number of aromatic nitrogens is 2. The first-order chi connectivity index (χ1) is 14.7. The van der Waals surface area contributed by atoms with Crippen LogP contribution >= 0.6 is 0 Å². The molecule has 0 aliphatic heterocycles. The lowest BCUT2D eigenvalue weighted by molar-refractivity contribution is 0.0919. The zero-order valence-electron chi connectivity index (χ0n) is 16.3. The van der Waals surface area contributed by atoms with Crippen molar-refractivity contribution < 1.29 is 27.9 Å². The molecule has 2 heterocycles. The van der Waals surface area contributed by atoms with Gasteiger partial charge in [-0.25, -0.2) is 0 Å². The summed E-state index contributed by atoms with van der Waals surface area (Å²) in [6.07, 6.45) is 1.53. The summed E-state index contributed by atoms with van der Waals surface area (Å²) >= 11 is 0. The van der Waals surface area contributed by atoms with Gasteiger partial charge < -0.3 is 23.2 Å². The van der Waals surface area contributed by atoms with E-state index in [-0.39, 0.29) is 18.3 Å². The summed E-state index contributed by atoms with van der Waals surface area (Å²) in [7, 11) is 3.09. The molecule has 2 aromatic heterocycles. The van der Waals surface area contributed by atoms with Crippen molar-refractivity contribution in [1.29, 1.82) is 0 Å². The molecule has 4 aromatic rings. The second-order valence-electron chi connectivity index (χ2n) is 6.21. The number of furan rings is 1. The Bertz CT molecular complexity index is 1130. The lowest BCUT2D eigenvalue weighted by atomic mass is 10.1. The largest absolute Gasteiger partial charge is 0.497 e. The number of Topliss-reactive ketones (excluding diaryl/α,β-unsaturated/α-hetero) is 1. The van der Waals surface area contributed by atoms with E-state index in [2.05, 4.69) is 10.1 Å². The van der Waals surface area contributed by atoms with Crippen LogP contribution in [0.3, 0.4) is 0 Å². The average Bonchev–Trinajstić information content (AvgIpc) is 3.49. The third-order valence-electron chi connectivity index (χ3n) is 4.35. The van der Waals surface area contributed by atoms with Crippen molar-refractivity contribution in [3.63, 3.8) is 0 Å². The number of hydrogen-bond acceptors (Lipinski definition) is 8. The van der Waals surface area contributed by atoms with E-state index < -0.39 is 0 Å². The molecule has 0 amide bonds. The van der Waals surface area contributed by atoms with Gasteiger partial charge in [0, 0.05) is 11.1 Å². The standard InChI is InChI=1S/C22H18N2O6/c1-26-16-8-5-14(6-9-16)17(25)13-29-18-10-7-15(12-20(18)27-2)21-23-22(30-24-21)19-4-3-11-28-19/h3-12H,13H2,1-2H3. The Morgan fingerprint density at radius 3 is 2.53 bits per heavy atom. The van der Waals surface area contributed by atoms with E-state index in [1.807, 2.05) is 0 Å². The topological polar surface area (TPSA) is 96.8 Å². The van der Waals surface area contributed by atoms with Crippen LogP contribution in [0.4, 0.5) is 0 Å². The Labute approximate surface area is 172 Å². The first-order valence-electron chi connectivity index (χ1n) is 9.04. The Kier molecular flexibility index (Phi) is 5.47. The van der Waals surface area contributed by atoms with Gasteiger partial charge in [-0.3, -0.25) is 4.79 Å². The molecule has 0 spiro atoms. The van der Waals surface area contributed by atoms with Gasteiger partial charge in [-0.15, -0.1) is 0 Å². The molecular weight excluding hydrogens is 388 g/mol. The monoisotopic (exact) mass is 406 g/mol. The van der Waals surface area contributed by atoms with Crippen molar-refractivity contribution in [3.05, 3.63) is 66.4 Å². The van der Waals surface area contributed by atoms with Crippen molar-refractivity contribution in [1.82, 2.24) is 10.1 Å². The third-order valence-corrected chi connectivity index (χ3v) is 4.35. The fraction of sp³-hybridized carbons (Fsp3) is 0.136. The quantitative estimate of drug-likeness (QED) is 0.400. The van der Waals surface area contributed by atoms with Gasteiger partial charge in [0.2, 0.25) is 5.82 Å². The summed E-state index contributed by atoms with van der Waals surface area (Å²) in [6.45, 7) is -0.132. The van der Waals surface area contributed by atoms with Gasteiger partial charge in [0.25, 0.3) is 5.89 Å². The molecule has 0 unspecified atom stereocenters. The summed E-state index contributed by atoms with van der Waals surface area (Å²) in [4.78, 5) is 16.7. The lowest BCUT2D eigenvalue weighted by Crippen LogP contribution is -2.12. The SMILES string of the molecule is COc1ccc(C(=O)COc2ccc(-c3noc(-c4ccco4)n3)cc2OC)cc1. The highest BCUT2D eigenvalue weighted by Crippen LogP contribution is 2.32. The van der Waals surface area contributed by atoms with Gasteiger partial charge in [-0.05, 0) is 54.6 Å². The number of methoxy groups -OCH3 is 2. The molecule has 4 rings (SSSR count). The van der Waals surface area contributed by atoms with Crippen molar-refractivity contribution in [2.24, 2.45) is 0 Å². The van der Waals surface area contributed by atoms with Crippen molar-refractivity contribution in [2.75, 3.05) is 20.8 Å². The van der Waals surface area contributed by atoms with Crippen LogP contribution in [0.25, 0.3) is 23.0 Å². The van der Waals surface area contributed by atoms with Gasteiger partial charge in [0.15, 0.2) is 29.6 Å². The van der Waals surface area contributed by atoms with Gasteiger partial charge in [0.05, 0.1) is 20.5 Å². The summed E-state index contributed by atoms with van der Waals surface area (Å²) in [5.74, 6) is 2.53. The Morgan fingerprint density at radius 1 is 1.00 bits per heavy atom. The predicted molar refractivity (Wildman–Crippen MR) is 107 cm³/mol. The first-order valence-corrected chi connectivity index (χ1v) is 9.04. The molecule has 0 saturated carbocycles. The smallest absolute Gasteiger partial charge is 0.293 e. The molecule has 0 radical (unpaired) electrons. The molecule has 0 saturated heterocycles. The first kappa shape index (κ1) is 19.3. The van der Waals surface area contributed by atoms with E-state index in [0.717, 1.165) is 0 Å². The molecule has 0 aliphatic rings. The van der Waals surface area contributed by atoms with E-state index in [4.69, 9.17) is 23.2 Å². The fourth-order valence-electron chi connectivity index (χ4n) is 2.77. The van der Waals surface area contributed by atoms with Crippen LogP contribution in [0.5, 0.6) is 17.2 Å². The number of benzene rings is 2. The van der Waals surface area contributed by atoms with Crippen LogP contribution in [0.1, 0.15) is 10.4 Å². The number of rotatable bonds is 8. The van der Waals surface area contributed by atoms with E-state index in [0.29, 0.717) is 40.0 Å². The Morgan fingerprint density at radius 2 is 1.83 bits per heavy atom. The third kappa shape index (κ3) is 4.02. The summed E-state index contributed by atoms with van der Waals surface area (Å²) in [6, 6.07) is 15.5. The number of nitrogens with zero attached hydrogens (tertiary/aromatic N) is 2. The van der Waals surface area contributed by atoms with E-state index in [1.54, 1.807) is 61.7 Å². The molecule has 30 heavy (non-hydrogen) atoms. The molecular formula is C22H18N2O6. The molecule has 8 nitrogen and oxygen atoms in total. The zero-order chi connectivity index (χ0) is 20.9. The minimum absolute atomic E-state index is 0.132. The average molecular weight is 406 g/mol. The second kappa shape index (κ2) is 8.52. The maximum Gasteiger partial charge on any atom is 0.293 e. The van der Waals surface area contributed by atoms with Crippen molar-refractivity contribution >= 4 is 5.78 Å². The van der Waals surface area contributed by atoms with Gasteiger partial charge in [0.1, 0.15) is 5.75 Å². The maximum atomic E-state index is 12.4. The Hall–Kier alpha value is -4.07. The number of carbonyl (C=O) groups excluding carboxylic acids is 1. The summed E-state index contributed by atoms with van der Waals surface area (Å²) < 4.78 is 26.7. The number of carbonyl (C=O) groups is 1. The molecule has 0 N–H and O–H groups in total.